The molecule has 16 heavy (non-hydrogen) atoms. The van der Waals surface area contributed by atoms with Gasteiger partial charge in [-0.25, -0.2) is 4.79 Å². The molecule has 0 radical (unpaired) electrons. The molecule has 1 rings (SSSR count). The van der Waals surface area contributed by atoms with Crippen LogP contribution in [-0.4, -0.2) is 24.5 Å². The van der Waals surface area contributed by atoms with E-state index in [9.17, 15) is 9.59 Å². The van der Waals surface area contributed by atoms with Crippen LogP contribution in [0.5, 0.6) is 0 Å². The van der Waals surface area contributed by atoms with Crippen LogP contribution in [0.15, 0.2) is 21.2 Å². The van der Waals surface area contributed by atoms with Crippen LogP contribution < -0.4 is 5.32 Å². The van der Waals surface area contributed by atoms with Gasteiger partial charge in [-0.3, -0.25) is 4.79 Å². The van der Waals surface area contributed by atoms with Crippen molar-refractivity contribution in [3.05, 3.63) is 22.6 Å². The molecule has 1 aromatic heterocycles. The summed E-state index contributed by atoms with van der Waals surface area (Å²) in [7, 11) is 1.26. The maximum Gasteiger partial charge on any atom is 0.330 e. The van der Waals surface area contributed by atoms with Crippen LogP contribution in [0.4, 0.5) is 0 Å². The van der Waals surface area contributed by atoms with Gasteiger partial charge in [-0.2, -0.15) is 0 Å². The standard InChI is InChI=1S/C10H12BrNO4/c1-10(2,9(14)15-3)12-8(13)6-4-5-7(11)16-6/h4-5H,1-3H3,(H,12,13). The van der Waals surface area contributed by atoms with Crippen LogP contribution in [0.1, 0.15) is 24.4 Å². The third kappa shape index (κ3) is 2.85. The van der Waals surface area contributed by atoms with E-state index in [4.69, 9.17) is 4.42 Å². The lowest BCUT2D eigenvalue weighted by molar-refractivity contribution is -0.146. The molecule has 0 saturated heterocycles. The SMILES string of the molecule is COC(=O)C(C)(C)NC(=O)c1ccc(Br)o1. The predicted octanol–water partition coefficient (Wildman–Crippen LogP) is 1.72. The van der Waals surface area contributed by atoms with E-state index in [0.29, 0.717) is 4.67 Å². The van der Waals surface area contributed by atoms with E-state index < -0.39 is 17.4 Å². The fourth-order valence-electron chi connectivity index (χ4n) is 1.09. The molecule has 0 spiro atoms. The highest BCUT2D eigenvalue weighted by Gasteiger charge is 2.31. The summed E-state index contributed by atoms with van der Waals surface area (Å²) in [6.07, 6.45) is 0. The minimum atomic E-state index is -1.09. The normalized spacial score (nSPS) is 11.0. The van der Waals surface area contributed by atoms with Gasteiger partial charge in [0.1, 0.15) is 5.54 Å². The van der Waals surface area contributed by atoms with Gasteiger partial charge < -0.3 is 14.5 Å². The Kier molecular flexibility index (Phi) is 3.74. The molecule has 6 heteroatoms. The summed E-state index contributed by atoms with van der Waals surface area (Å²) < 4.78 is 10.1. The van der Waals surface area contributed by atoms with E-state index in [1.165, 1.54) is 13.2 Å². The second-order valence-electron chi connectivity index (χ2n) is 3.67. The van der Waals surface area contributed by atoms with E-state index in [1.807, 2.05) is 0 Å². The van der Waals surface area contributed by atoms with Gasteiger partial charge >= 0.3 is 5.97 Å². The fraction of sp³-hybridized carbons (Fsp3) is 0.400. The van der Waals surface area contributed by atoms with Gasteiger partial charge in [0.15, 0.2) is 10.4 Å². The number of ether oxygens (including phenoxy) is 1. The lowest BCUT2D eigenvalue weighted by Gasteiger charge is -2.22. The zero-order valence-electron chi connectivity index (χ0n) is 9.17. The molecular weight excluding hydrogens is 278 g/mol. The molecule has 5 nitrogen and oxygen atoms in total. The number of methoxy groups -OCH3 is 1. The number of nitrogens with one attached hydrogen (secondary N) is 1. The topological polar surface area (TPSA) is 68.5 Å². The van der Waals surface area contributed by atoms with Gasteiger partial charge in [-0.15, -0.1) is 0 Å². The Labute approximate surface area is 101 Å². The van der Waals surface area contributed by atoms with E-state index >= 15 is 0 Å². The van der Waals surface area contributed by atoms with Crippen molar-refractivity contribution in [2.75, 3.05) is 7.11 Å². The van der Waals surface area contributed by atoms with Crippen LogP contribution in [-0.2, 0) is 9.53 Å². The summed E-state index contributed by atoms with van der Waals surface area (Å²) in [5, 5.41) is 2.51. The van der Waals surface area contributed by atoms with Crippen LogP contribution in [0, 0.1) is 0 Å². The number of halogens is 1. The Bertz CT molecular complexity index is 411. The number of furan rings is 1. The molecule has 0 bridgehead atoms. The lowest BCUT2D eigenvalue weighted by Crippen LogP contribution is -2.50. The zero-order chi connectivity index (χ0) is 12.3. The maximum atomic E-state index is 11.7. The molecule has 0 aromatic carbocycles. The van der Waals surface area contributed by atoms with Crippen molar-refractivity contribution in [2.24, 2.45) is 0 Å². The van der Waals surface area contributed by atoms with Gasteiger partial charge in [0, 0.05) is 0 Å². The number of esters is 1. The predicted molar refractivity (Wildman–Crippen MR) is 60.0 cm³/mol. The highest BCUT2D eigenvalue weighted by atomic mass is 79.9. The van der Waals surface area contributed by atoms with Crippen molar-refractivity contribution in [1.29, 1.82) is 0 Å². The number of carbonyl (C=O) groups excluding carboxylic acids is 2. The largest absolute Gasteiger partial charge is 0.467 e. The highest BCUT2D eigenvalue weighted by molar-refractivity contribution is 9.10. The Morgan fingerprint density at radius 2 is 2.06 bits per heavy atom. The van der Waals surface area contributed by atoms with Crippen LogP contribution in [0.3, 0.4) is 0 Å². The quantitative estimate of drug-likeness (QED) is 0.861. The summed E-state index contributed by atoms with van der Waals surface area (Å²) in [5.74, 6) is -0.864. The molecule has 0 aliphatic rings. The molecule has 1 aromatic rings. The Morgan fingerprint density at radius 1 is 1.44 bits per heavy atom. The van der Waals surface area contributed by atoms with E-state index in [-0.39, 0.29) is 5.76 Å². The fourth-order valence-corrected chi connectivity index (χ4v) is 1.39. The van der Waals surface area contributed by atoms with Crippen molar-refractivity contribution in [2.45, 2.75) is 19.4 Å². The minimum Gasteiger partial charge on any atom is -0.467 e. The summed E-state index contributed by atoms with van der Waals surface area (Å²) in [6.45, 7) is 3.10. The lowest BCUT2D eigenvalue weighted by atomic mass is 10.1. The number of hydrogen-bond acceptors (Lipinski definition) is 4. The molecule has 0 aliphatic heterocycles. The number of hydrogen-bond donors (Lipinski definition) is 1. The van der Waals surface area contributed by atoms with Gasteiger partial charge in [0.05, 0.1) is 7.11 Å². The first-order valence-corrected chi connectivity index (χ1v) is 5.32. The first-order chi connectivity index (χ1) is 7.36. The third-order valence-electron chi connectivity index (χ3n) is 1.92. The molecule has 1 N–H and O–H groups in total. The van der Waals surface area contributed by atoms with Crippen LogP contribution in [0.25, 0.3) is 0 Å². The monoisotopic (exact) mass is 289 g/mol. The molecule has 1 amide bonds. The molecule has 88 valence electrons. The van der Waals surface area contributed by atoms with Crippen LogP contribution in [0.2, 0.25) is 0 Å². The maximum absolute atomic E-state index is 11.7. The summed E-state index contributed by atoms with van der Waals surface area (Å²) in [5.41, 5.74) is -1.09. The van der Waals surface area contributed by atoms with Gasteiger partial charge in [-0.1, -0.05) is 0 Å². The second kappa shape index (κ2) is 4.69. The Hall–Kier alpha value is -1.30. The second-order valence-corrected chi connectivity index (χ2v) is 4.46. The Morgan fingerprint density at radius 3 is 2.50 bits per heavy atom. The average molecular weight is 290 g/mol. The third-order valence-corrected chi connectivity index (χ3v) is 2.34. The van der Waals surface area contributed by atoms with Crippen LogP contribution >= 0.6 is 15.9 Å². The molecule has 0 saturated carbocycles. The van der Waals surface area contributed by atoms with Crippen molar-refractivity contribution in [3.8, 4) is 0 Å². The van der Waals surface area contributed by atoms with Gasteiger partial charge in [-0.05, 0) is 41.9 Å². The number of amides is 1. The van der Waals surface area contributed by atoms with Crippen molar-refractivity contribution in [3.63, 3.8) is 0 Å². The summed E-state index contributed by atoms with van der Waals surface area (Å²) >= 11 is 3.08. The minimum absolute atomic E-state index is 0.129. The highest BCUT2D eigenvalue weighted by Crippen LogP contribution is 2.15. The molecule has 1 heterocycles. The van der Waals surface area contributed by atoms with Crippen molar-refractivity contribution in [1.82, 2.24) is 5.32 Å². The number of rotatable bonds is 3. The first-order valence-electron chi connectivity index (χ1n) is 4.53. The molecule has 0 aliphatic carbocycles. The van der Waals surface area contributed by atoms with Gasteiger partial charge in [0.25, 0.3) is 5.91 Å². The van der Waals surface area contributed by atoms with Crippen molar-refractivity contribution >= 4 is 27.8 Å². The Balaban J connectivity index is 2.75. The van der Waals surface area contributed by atoms with E-state index in [2.05, 4.69) is 26.0 Å². The number of carbonyl (C=O) groups is 2. The summed E-state index contributed by atoms with van der Waals surface area (Å²) in [4.78, 5) is 23.0. The summed E-state index contributed by atoms with van der Waals surface area (Å²) in [6, 6.07) is 3.10. The van der Waals surface area contributed by atoms with E-state index in [0.717, 1.165) is 0 Å². The molecular formula is C10H12BrNO4. The molecule has 0 fully saturated rings. The molecule has 0 unspecified atom stereocenters. The van der Waals surface area contributed by atoms with E-state index in [1.54, 1.807) is 19.9 Å². The molecule has 0 atom stereocenters. The zero-order valence-corrected chi connectivity index (χ0v) is 10.8. The smallest absolute Gasteiger partial charge is 0.330 e. The van der Waals surface area contributed by atoms with Crippen molar-refractivity contribution < 1.29 is 18.7 Å². The first kappa shape index (κ1) is 12.8. The van der Waals surface area contributed by atoms with Gasteiger partial charge in [0.2, 0.25) is 0 Å². The average Bonchev–Trinajstić information content (AvgIpc) is 2.63.